The number of aromatic nitrogens is 1. The lowest BCUT2D eigenvalue weighted by Gasteiger charge is -2.31. The lowest BCUT2D eigenvalue weighted by Crippen LogP contribution is -2.45. The first-order valence-electron chi connectivity index (χ1n) is 9.88. The maximum Gasteiger partial charge on any atom is 0.231 e. The average molecular weight is 392 g/mol. The van der Waals surface area contributed by atoms with Crippen LogP contribution in [-0.4, -0.2) is 55.2 Å². The van der Waals surface area contributed by atoms with Crippen molar-refractivity contribution < 1.29 is 13.9 Å². The van der Waals surface area contributed by atoms with Gasteiger partial charge in [-0.1, -0.05) is 30.6 Å². The van der Waals surface area contributed by atoms with Gasteiger partial charge in [0.1, 0.15) is 5.82 Å². The number of thiazole rings is 1. The first-order chi connectivity index (χ1) is 13.2. The maximum atomic E-state index is 13.6. The van der Waals surface area contributed by atoms with Crippen LogP contribution in [0.1, 0.15) is 32.1 Å². The van der Waals surface area contributed by atoms with Gasteiger partial charge in [-0.05, 0) is 31.0 Å². The van der Waals surface area contributed by atoms with Crippen molar-refractivity contribution in [2.75, 3.05) is 44.3 Å². The fraction of sp³-hybridized carbons (Fsp3) is 0.600. The van der Waals surface area contributed by atoms with Gasteiger partial charge in [-0.15, -0.1) is 0 Å². The third-order valence-electron chi connectivity index (χ3n) is 5.53. The number of nitrogens with zero attached hydrogens (tertiary/aromatic N) is 3. The SMILES string of the molecule is O=C(C1CCCCC1)N(CCN1CCOCC1)c1nc2ccc(F)cc2s1. The third kappa shape index (κ3) is 4.47. The molecule has 1 aliphatic heterocycles. The Bertz CT molecular complexity index is 785. The Hall–Kier alpha value is -1.57. The van der Waals surface area contributed by atoms with Crippen molar-refractivity contribution in [3.8, 4) is 0 Å². The summed E-state index contributed by atoms with van der Waals surface area (Å²) in [5.74, 6) is 0.00542. The van der Waals surface area contributed by atoms with Crippen molar-refractivity contribution >= 4 is 32.6 Å². The number of benzene rings is 1. The predicted octanol–water partition coefficient (Wildman–Crippen LogP) is 3.68. The number of ether oxygens (including phenoxy) is 1. The van der Waals surface area contributed by atoms with E-state index in [4.69, 9.17) is 4.74 Å². The number of fused-ring (bicyclic) bond motifs is 1. The normalized spacial score (nSPS) is 19.4. The van der Waals surface area contributed by atoms with Crippen molar-refractivity contribution in [2.24, 2.45) is 5.92 Å². The van der Waals surface area contributed by atoms with Gasteiger partial charge in [-0.2, -0.15) is 0 Å². The molecule has 2 heterocycles. The molecule has 5 nitrogen and oxygen atoms in total. The van der Waals surface area contributed by atoms with E-state index in [1.54, 1.807) is 6.07 Å². The number of anilines is 1. The molecule has 1 aromatic heterocycles. The second-order valence-corrected chi connectivity index (χ2v) is 8.40. The molecule has 7 heteroatoms. The van der Waals surface area contributed by atoms with E-state index in [0.29, 0.717) is 11.7 Å². The fourth-order valence-electron chi connectivity index (χ4n) is 3.94. The van der Waals surface area contributed by atoms with Gasteiger partial charge in [-0.25, -0.2) is 9.37 Å². The molecular weight excluding hydrogens is 365 g/mol. The van der Waals surface area contributed by atoms with Crippen LogP contribution in [0.15, 0.2) is 18.2 Å². The largest absolute Gasteiger partial charge is 0.379 e. The summed E-state index contributed by atoms with van der Waals surface area (Å²) >= 11 is 1.41. The number of hydrogen-bond acceptors (Lipinski definition) is 5. The Balaban J connectivity index is 1.56. The highest BCUT2D eigenvalue weighted by Crippen LogP contribution is 2.32. The molecule has 1 saturated carbocycles. The summed E-state index contributed by atoms with van der Waals surface area (Å²) in [6, 6.07) is 4.62. The van der Waals surface area contributed by atoms with Crippen LogP contribution in [0.5, 0.6) is 0 Å². The van der Waals surface area contributed by atoms with Crippen molar-refractivity contribution in [1.29, 1.82) is 0 Å². The van der Waals surface area contributed by atoms with E-state index in [-0.39, 0.29) is 17.6 Å². The fourth-order valence-corrected chi connectivity index (χ4v) is 4.96. The van der Waals surface area contributed by atoms with Gasteiger partial charge in [0.05, 0.1) is 23.4 Å². The van der Waals surface area contributed by atoms with Gasteiger partial charge in [-0.3, -0.25) is 14.6 Å². The van der Waals surface area contributed by atoms with E-state index in [0.717, 1.165) is 68.7 Å². The molecule has 0 bridgehead atoms. The van der Waals surface area contributed by atoms with Crippen LogP contribution in [0.4, 0.5) is 9.52 Å². The number of hydrogen-bond donors (Lipinski definition) is 0. The van der Waals surface area contributed by atoms with Gasteiger partial charge in [0.25, 0.3) is 0 Å². The minimum atomic E-state index is -0.267. The summed E-state index contributed by atoms with van der Waals surface area (Å²) in [5, 5.41) is 0.694. The standard InChI is InChI=1S/C20H26FN3O2S/c21-16-6-7-17-18(14-16)27-20(22-17)24(9-8-23-10-12-26-13-11-23)19(25)15-4-2-1-3-5-15/h6-7,14-15H,1-5,8-13H2. The van der Waals surface area contributed by atoms with Crippen LogP contribution in [0.2, 0.25) is 0 Å². The Kier molecular flexibility index (Phi) is 6.00. The zero-order valence-electron chi connectivity index (χ0n) is 15.5. The number of carbonyl (C=O) groups is 1. The number of amides is 1. The predicted molar refractivity (Wildman–Crippen MR) is 106 cm³/mol. The molecule has 0 unspecified atom stereocenters. The van der Waals surface area contributed by atoms with Gasteiger partial charge in [0, 0.05) is 32.1 Å². The molecule has 0 N–H and O–H groups in total. The van der Waals surface area contributed by atoms with Crippen molar-refractivity contribution in [1.82, 2.24) is 9.88 Å². The molecule has 4 rings (SSSR count). The molecule has 0 radical (unpaired) electrons. The molecule has 27 heavy (non-hydrogen) atoms. The zero-order valence-corrected chi connectivity index (χ0v) is 16.3. The molecule has 1 aromatic carbocycles. The lowest BCUT2D eigenvalue weighted by atomic mass is 9.88. The van der Waals surface area contributed by atoms with Crippen molar-refractivity contribution in [3.05, 3.63) is 24.0 Å². The smallest absolute Gasteiger partial charge is 0.231 e. The minimum Gasteiger partial charge on any atom is -0.379 e. The molecular formula is C20H26FN3O2S. The Morgan fingerprint density at radius 1 is 1.26 bits per heavy atom. The van der Waals surface area contributed by atoms with E-state index < -0.39 is 0 Å². The van der Waals surface area contributed by atoms with Gasteiger partial charge in [0.2, 0.25) is 5.91 Å². The number of rotatable bonds is 5. The van der Waals surface area contributed by atoms with Crippen LogP contribution in [0, 0.1) is 11.7 Å². The monoisotopic (exact) mass is 391 g/mol. The zero-order chi connectivity index (χ0) is 18.6. The Morgan fingerprint density at radius 2 is 2.04 bits per heavy atom. The molecule has 1 aliphatic carbocycles. The highest BCUT2D eigenvalue weighted by Gasteiger charge is 2.29. The maximum absolute atomic E-state index is 13.6. The molecule has 146 valence electrons. The highest BCUT2D eigenvalue weighted by atomic mass is 32.1. The molecule has 2 aromatic rings. The van der Waals surface area contributed by atoms with E-state index in [2.05, 4.69) is 9.88 Å². The highest BCUT2D eigenvalue weighted by molar-refractivity contribution is 7.22. The summed E-state index contributed by atoms with van der Waals surface area (Å²) in [5.41, 5.74) is 0.754. The Morgan fingerprint density at radius 3 is 2.81 bits per heavy atom. The summed E-state index contributed by atoms with van der Waals surface area (Å²) in [6.07, 6.45) is 5.40. The topological polar surface area (TPSA) is 45.7 Å². The molecule has 1 saturated heterocycles. The number of carbonyl (C=O) groups excluding carboxylic acids is 1. The second-order valence-electron chi connectivity index (χ2n) is 7.39. The van der Waals surface area contributed by atoms with Gasteiger partial charge >= 0.3 is 0 Å². The first-order valence-corrected chi connectivity index (χ1v) is 10.7. The average Bonchev–Trinajstić information content (AvgIpc) is 3.12. The van der Waals surface area contributed by atoms with Crippen molar-refractivity contribution in [3.63, 3.8) is 0 Å². The van der Waals surface area contributed by atoms with Crippen LogP contribution < -0.4 is 4.90 Å². The van der Waals surface area contributed by atoms with Crippen LogP contribution in [-0.2, 0) is 9.53 Å². The molecule has 0 atom stereocenters. The third-order valence-corrected chi connectivity index (χ3v) is 6.58. The van der Waals surface area contributed by atoms with Gasteiger partial charge in [0.15, 0.2) is 5.13 Å². The van der Waals surface area contributed by atoms with Crippen molar-refractivity contribution in [2.45, 2.75) is 32.1 Å². The molecule has 2 aliphatic rings. The summed E-state index contributed by atoms with van der Waals surface area (Å²) < 4.78 is 19.8. The minimum absolute atomic E-state index is 0.0900. The van der Waals surface area contributed by atoms with E-state index in [1.807, 2.05) is 4.90 Å². The van der Waals surface area contributed by atoms with Gasteiger partial charge < -0.3 is 4.74 Å². The Labute approximate surface area is 163 Å². The molecule has 2 fully saturated rings. The van der Waals surface area contributed by atoms with E-state index in [9.17, 15) is 9.18 Å². The van der Waals surface area contributed by atoms with E-state index >= 15 is 0 Å². The number of morpholine rings is 1. The van der Waals surface area contributed by atoms with Crippen LogP contribution >= 0.6 is 11.3 Å². The van der Waals surface area contributed by atoms with Crippen LogP contribution in [0.3, 0.4) is 0 Å². The lowest BCUT2D eigenvalue weighted by molar-refractivity contribution is -0.123. The van der Waals surface area contributed by atoms with E-state index in [1.165, 1.54) is 29.9 Å². The first kappa shape index (κ1) is 18.8. The molecule has 1 amide bonds. The van der Waals surface area contributed by atoms with Crippen LogP contribution in [0.25, 0.3) is 10.2 Å². The second kappa shape index (κ2) is 8.63. The summed E-state index contributed by atoms with van der Waals surface area (Å²) in [4.78, 5) is 22.1. The molecule has 0 spiro atoms. The summed E-state index contributed by atoms with van der Waals surface area (Å²) in [7, 11) is 0. The quantitative estimate of drug-likeness (QED) is 0.780. The number of halogens is 1. The summed E-state index contributed by atoms with van der Waals surface area (Å²) in [6.45, 7) is 4.73.